The SMILES string of the molecule is COCCCNC(=O)c1cccc(C(=O)NCc2ccc(C)cc2)n1. The highest BCUT2D eigenvalue weighted by molar-refractivity contribution is 5.96. The standard InChI is InChI=1S/C19H23N3O3/c1-14-7-9-15(10-8-14)13-21-19(24)17-6-3-5-16(22-17)18(23)20-11-4-12-25-2/h3,5-10H,4,11-13H2,1-2H3,(H,20,23)(H,21,24). The van der Waals surface area contributed by atoms with Gasteiger partial charge in [-0.25, -0.2) is 4.98 Å². The Morgan fingerprint density at radius 2 is 1.64 bits per heavy atom. The number of ether oxygens (including phenoxy) is 1. The van der Waals surface area contributed by atoms with Gasteiger partial charge in [0.05, 0.1) is 0 Å². The predicted octanol–water partition coefficient (Wildman–Crippen LogP) is 2.09. The summed E-state index contributed by atoms with van der Waals surface area (Å²) in [5.41, 5.74) is 2.61. The first-order chi connectivity index (χ1) is 12.1. The third-order valence-corrected chi connectivity index (χ3v) is 3.60. The highest BCUT2D eigenvalue weighted by atomic mass is 16.5. The van der Waals surface area contributed by atoms with Gasteiger partial charge < -0.3 is 15.4 Å². The van der Waals surface area contributed by atoms with Crippen molar-refractivity contribution in [3.63, 3.8) is 0 Å². The Labute approximate surface area is 147 Å². The van der Waals surface area contributed by atoms with Crippen molar-refractivity contribution in [1.82, 2.24) is 15.6 Å². The minimum Gasteiger partial charge on any atom is -0.385 e. The zero-order valence-corrected chi connectivity index (χ0v) is 14.5. The quantitative estimate of drug-likeness (QED) is 0.721. The lowest BCUT2D eigenvalue weighted by atomic mass is 10.1. The maximum Gasteiger partial charge on any atom is 0.270 e. The van der Waals surface area contributed by atoms with Crippen molar-refractivity contribution in [3.8, 4) is 0 Å². The van der Waals surface area contributed by atoms with Gasteiger partial charge in [-0.1, -0.05) is 35.9 Å². The van der Waals surface area contributed by atoms with Crippen LogP contribution in [0.25, 0.3) is 0 Å². The molecule has 2 aromatic rings. The van der Waals surface area contributed by atoms with Crippen molar-refractivity contribution in [2.24, 2.45) is 0 Å². The molecule has 0 unspecified atom stereocenters. The zero-order valence-electron chi connectivity index (χ0n) is 14.5. The van der Waals surface area contributed by atoms with Gasteiger partial charge >= 0.3 is 0 Å². The molecule has 0 spiro atoms. The molecule has 2 N–H and O–H groups in total. The Kier molecular flexibility index (Phi) is 7.10. The van der Waals surface area contributed by atoms with Crippen molar-refractivity contribution < 1.29 is 14.3 Å². The molecule has 132 valence electrons. The molecule has 6 heteroatoms. The lowest BCUT2D eigenvalue weighted by Crippen LogP contribution is -2.28. The first kappa shape index (κ1) is 18.6. The summed E-state index contributed by atoms with van der Waals surface area (Å²) >= 11 is 0. The summed E-state index contributed by atoms with van der Waals surface area (Å²) in [6, 6.07) is 12.7. The fraction of sp³-hybridized carbons (Fsp3) is 0.316. The van der Waals surface area contributed by atoms with Gasteiger partial charge in [-0.15, -0.1) is 0 Å². The number of nitrogens with zero attached hydrogens (tertiary/aromatic N) is 1. The van der Waals surface area contributed by atoms with Crippen LogP contribution in [0.2, 0.25) is 0 Å². The summed E-state index contributed by atoms with van der Waals surface area (Å²) in [4.78, 5) is 28.4. The number of carbonyl (C=O) groups is 2. The average molecular weight is 341 g/mol. The lowest BCUT2D eigenvalue weighted by molar-refractivity contribution is 0.0940. The second-order valence-corrected chi connectivity index (χ2v) is 5.68. The maximum atomic E-state index is 12.2. The van der Waals surface area contributed by atoms with Crippen LogP contribution in [0.4, 0.5) is 0 Å². The van der Waals surface area contributed by atoms with Crippen LogP contribution in [0, 0.1) is 6.92 Å². The Bertz CT molecular complexity index is 714. The third-order valence-electron chi connectivity index (χ3n) is 3.60. The average Bonchev–Trinajstić information content (AvgIpc) is 2.64. The van der Waals surface area contributed by atoms with Gasteiger partial charge in [0.25, 0.3) is 11.8 Å². The van der Waals surface area contributed by atoms with Crippen LogP contribution in [-0.4, -0.2) is 37.1 Å². The minimum absolute atomic E-state index is 0.219. The Morgan fingerprint density at radius 3 is 2.28 bits per heavy atom. The topological polar surface area (TPSA) is 80.3 Å². The van der Waals surface area contributed by atoms with Gasteiger partial charge in [0.15, 0.2) is 0 Å². The molecular weight excluding hydrogens is 318 g/mol. The fourth-order valence-electron chi connectivity index (χ4n) is 2.18. The van der Waals surface area contributed by atoms with E-state index in [0.29, 0.717) is 19.7 Å². The molecule has 2 amide bonds. The largest absolute Gasteiger partial charge is 0.385 e. The number of methoxy groups -OCH3 is 1. The summed E-state index contributed by atoms with van der Waals surface area (Å²) in [6.45, 7) is 3.50. The van der Waals surface area contributed by atoms with Crippen LogP contribution in [0.5, 0.6) is 0 Å². The van der Waals surface area contributed by atoms with E-state index < -0.39 is 0 Å². The molecule has 1 aromatic heterocycles. The maximum absolute atomic E-state index is 12.2. The molecule has 0 aliphatic heterocycles. The molecule has 2 rings (SSSR count). The van der Waals surface area contributed by atoms with E-state index in [1.165, 1.54) is 5.56 Å². The molecule has 0 saturated carbocycles. The second kappa shape index (κ2) is 9.54. The predicted molar refractivity (Wildman–Crippen MR) is 95.4 cm³/mol. The number of aryl methyl sites for hydroxylation is 1. The number of pyridine rings is 1. The third kappa shape index (κ3) is 6.00. The van der Waals surface area contributed by atoms with Crippen molar-refractivity contribution >= 4 is 11.8 Å². The van der Waals surface area contributed by atoms with Gasteiger partial charge in [-0.05, 0) is 31.0 Å². The van der Waals surface area contributed by atoms with E-state index in [2.05, 4.69) is 15.6 Å². The number of aromatic nitrogens is 1. The summed E-state index contributed by atoms with van der Waals surface area (Å²) in [5, 5.41) is 5.56. The minimum atomic E-state index is -0.311. The molecule has 25 heavy (non-hydrogen) atoms. The van der Waals surface area contributed by atoms with Crippen LogP contribution >= 0.6 is 0 Å². The smallest absolute Gasteiger partial charge is 0.270 e. The molecule has 0 aliphatic carbocycles. The van der Waals surface area contributed by atoms with Crippen molar-refractivity contribution in [3.05, 3.63) is 65.0 Å². The second-order valence-electron chi connectivity index (χ2n) is 5.68. The summed E-state index contributed by atoms with van der Waals surface area (Å²) in [6.07, 6.45) is 0.721. The van der Waals surface area contributed by atoms with E-state index in [1.807, 2.05) is 31.2 Å². The first-order valence-electron chi connectivity index (χ1n) is 8.18. The highest BCUT2D eigenvalue weighted by Gasteiger charge is 2.12. The molecule has 0 atom stereocenters. The number of carbonyl (C=O) groups excluding carboxylic acids is 2. The zero-order chi connectivity index (χ0) is 18.1. The molecule has 6 nitrogen and oxygen atoms in total. The Morgan fingerprint density at radius 1 is 1.00 bits per heavy atom. The normalized spacial score (nSPS) is 10.3. The molecule has 0 bridgehead atoms. The van der Waals surface area contributed by atoms with Gasteiger partial charge in [-0.3, -0.25) is 9.59 Å². The molecule has 1 aromatic carbocycles. The first-order valence-corrected chi connectivity index (χ1v) is 8.18. The summed E-state index contributed by atoms with van der Waals surface area (Å²) in [5.74, 6) is -0.612. The van der Waals surface area contributed by atoms with E-state index >= 15 is 0 Å². The number of hydrogen-bond acceptors (Lipinski definition) is 4. The molecule has 0 radical (unpaired) electrons. The van der Waals surface area contributed by atoms with Crippen LogP contribution in [0.15, 0.2) is 42.5 Å². The van der Waals surface area contributed by atoms with Crippen LogP contribution in [0.3, 0.4) is 0 Å². The van der Waals surface area contributed by atoms with Crippen molar-refractivity contribution in [2.45, 2.75) is 19.9 Å². The number of hydrogen-bond donors (Lipinski definition) is 2. The lowest BCUT2D eigenvalue weighted by Gasteiger charge is -2.07. The van der Waals surface area contributed by atoms with Crippen LogP contribution < -0.4 is 10.6 Å². The van der Waals surface area contributed by atoms with Crippen molar-refractivity contribution in [1.29, 1.82) is 0 Å². The number of benzene rings is 1. The van der Waals surface area contributed by atoms with E-state index in [1.54, 1.807) is 25.3 Å². The van der Waals surface area contributed by atoms with Crippen LogP contribution in [-0.2, 0) is 11.3 Å². The van der Waals surface area contributed by atoms with Gasteiger partial charge in [0, 0.05) is 26.8 Å². The Balaban J connectivity index is 1.91. The Hall–Kier alpha value is -2.73. The fourth-order valence-corrected chi connectivity index (χ4v) is 2.18. The number of nitrogens with one attached hydrogen (secondary N) is 2. The monoisotopic (exact) mass is 341 g/mol. The number of rotatable bonds is 8. The number of amides is 2. The molecule has 0 aliphatic rings. The van der Waals surface area contributed by atoms with Gasteiger partial charge in [0.2, 0.25) is 0 Å². The summed E-state index contributed by atoms with van der Waals surface area (Å²) < 4.78 is 4.93. The van der Waals surface area contributed by atoms with E-state index in [4.69, 9.17) is 4.74 Å². The summed E-state index contributed by atoms with van der Waals surface area (Å²) in [7, 11) is 1.61. The van der Waals surface area contributed by atoms with Crippen LogP contribution in [0.1, 0.15) is 38.5 Å². The van der Waals surface area contributed by atoms with Gasteiger partial charge in [0.1, 0.15) is 11.4 Å². The van der Waals surface area contributed by atoms with E-state index in [0.717, 1.165) is 12.0 Å². The highest BCUT2D eigenvalue weighted by Crippen LogP contribution is 2.04. The molecule has 0 fully saturated rings. The van der Waals surface area contributed by atoms with Gasteiger partial charge in [-0.2, -0.15) is 0 Å². The van der Waals surface area contributed by atoms with Crippen molar-refractivity contribution in [2.75, 3.05) is 20.3 Å². The van der Waals surface area contributed by atoms with E-state index in [-0.39, 0.29) is 23.2 Å². The molecule has 0 saturated heterocycles. The van der Waals surface area contributed by atoms with E-state index in [9.17, 15) is 9.59 Å². The molecular formula is C19H23N3O3. The molecule has 1 heterocycles.